The van der Waals surface area contributed by atoms with Crippen molar-refractivity contribution in [3.63, 3.8) is 0 Å². The lowest BCUT2D eigenvalue weighted by atomic mass is 9.98. The zero-order chi connectivity index (χ0) is 18.1. The number of hydrogen-bond acceptors (Lipinski definition) is 5. The van der Waals surface area contributed by atoms with Gasteiger partial charge in [0, 0.05) is 11.6 Å². The number of benzene rings is 2. The topological polar surface area (TPSA) is 89.6 Å². The van der Waals surface area contributed by atoms with E-state index in [4.69, 9.17) is 0 Å². The van der Waals surface area contributed by atoms with Gasteiger partial charge in [-0.15, -0.1) is 0 Å². The molecule has 3 rings (SSSR count). The first kappa shape index (κ1) is 16.7. The van der Waals surface area contributed by atoms with Crippen LogP contribution >= 0.6 is 0 Å². The van der Waals surface area contributed by atoms with E-state index >= 15 is 0 Å². The molecule has 0 heterocycles. The largest absolute Gasteiger partial charge is 0.299 e. The summed E-state index contributed by atoms with van der Waals surface area (Å²) in [6.07, 6.45) is 0.718. The van der Waals surface area contributed by atoms with Crippen LogP contribution in [0, 0.1) is 16.0 Å². The molecule has 0 N–H and O–H groups in total. The number of hydrogen-bond donors (Lipinski definition) is 0. The summed E-state index contributed by atoms with van der Waals surface area (Å²) in [6, 6.07) is 11.7. The minimum Gasteiger partial charge on any atom is -0.299 e. The van der Waals surface area contributed by atoms with Crippen LogP contribution in [-0.4, -0.2) is 22.2 Å². The molecule has 2 aromatic rings. The van der Waals surface area contributed by atoms with Crippen molar-refractivity contribution >= 4 is 28.7 Å². The third-order valence-corrected chi connectivity index (χ3v) is 4.32. The van der Waals surface area contributed by atoms with Gasteiger partial charge in [0.05, 0.1) is 21.9 Å². The molecule has 1 aliphatic carbocycles. The second-order valence-corrected chi connectivity index (χ2v) is 5.84. The Morgan fingerprint density at radius 2 is 1.92 bits per heavy atom. The summed E-state index contributed by atoms with van der Waals surface area (Å²) in [7, 11) is 0. The van der Waals surface area contributed by atoms with E-state index in [1.807, 2.05) is 19.1 Å². The second-order valence-electron chi connectivity index (χ2n) is 5.84. The molecule has 0 bridgehead atoms. The molecule has 1 aliphatic rings. The van der Waals surface area contributed by atoms with E-state index in [2.05, 4.69) is 4.99 Å². The van der Waals surface area contributed by atoms with Gasteiger partial charge in [-0.2, -0.15) is 0 Å². The van der Waals surface area contributed by atoms with Crippen LogP contribution in [0.3, 0.4) is 0 Å². The monoisotopic (exact) mass is 336 g/mol. The number of ketones is 2. The molecular weight excluding hydrogens is 320 g/mol. The van der Waals surface area contributed by atoms with Crippen molar-refractivity contribution in [2.45, 2.75) is 20.3 Å². The summed E-state index contributed by atoms with van der Waals surface area (Å²) >= 11 is 0. The Balaban J connectivity index is 2.31. The molecule has 6 nitrogen and oxygen atoms in total. The van der Waals surface area contributed by atoms with E-state index in [9.17, 15) is 19.7 Å². The minimum absolute atomic E-state index is 0.156. The minimum atomic E-state index is -1.10. The Bertz CT molecular complexity index is 931. The number of fused-ring (bicyclic) bond motifs is 1. The lowest BCUT2D eigenvalue weighted by molar-refractivity contribution is -0.385. The van der Waals surface area contributed by atoms with Gasteiger partial charge in [0.1, 0.15) is 11.7 Å². The lowest BCUT2D eigenvalue weighted by Crippen LogP contribution is -2.23. The molecule has 0 unspecified atom stereocenters. The van der Waals surface area contributed by atoms with Crippen LogP contribution in [0.5, 0.6) is 0 Å². The van der Waals surface area contributed by atoms with Crippen LogP contribution in [0.15, 0.2) is 47.5 Å². The Morgan fingerprint density at radius 3 is 2.56 bits per heavy atom. The van der Waals surface area contributed by atoms with E-state index in [1.54, 1.807) is 12.1 Å². The van der Waals surface area contributed by atoms with Crippen LogP contribution in [0.1, 0.15) is 35.3 Å². The highest BCUT2D eigenvalue weighted by Gasteiger charge is 2.43. The first-order valence-corrected chi connectivity index (χ1v) is 7.94. The second kappa shape index (κ2) is 6.39. The zero-order valence-electron chi connectivity index (χ0n) is 13.9. The van der Waals surface area contributed by atoms with Crippen molar-refractivity contribution in [3.05, 3.63) is 69.3 Å². The smallest absolute Gasteiger partial charge is 0.279 e. The molecule has 0 saturated heterocycles. The molecule has 126 valence electrons. The predicted molar refractivity (Wildman–Crippen MR) is 93.6 cm³/mol. The number of Topliss-reactive ketones (excluding diaryl/α,β-unsaturated/α-hetero) is 2. The van der Waals surface area contributed by atoms with Crippen molar-refractivity contribution in [1.29, 1.82) is 0 Å². The normalized spacial score (nSPS) is 17.6. The Kier molecular flexibility index (Phi) is 4.27. The first-order valence-electron chi connectivity index (χ1n) is 7.94. The molecule has 6 heteroatoms. The molecular formula is C19H16N2O4. The third kappa shape index (κ3) is 2.76. The van der Waals surface area contributed by atoms with Crippen molar-refractivity contribution in [2.24, 2.45) is 10.9 Å². The van der Waals surface area contributed by atoms with E-state index in [-0.39, 0.29) is 28.3 Å². The molecule has 0 saturated carbocycles. The molecule has 2 aromatic carbocycles. The van der Waals surface area contributed by atoms with Crippen LogP contribution in [-0.2, 0) is 11.2 Å². The predicted octanol–water partition coefficient (Wildman–Crippen LogP) is 3.68. The van der Waals surface area contributed by atoms with Gasteiger partial charge in [0.15, 0.2) is 5.78 Å². The molecule has 0 aliphatic heterocycles. The number of aliphatic imine (C=N–C) groups is 1. The van der Waals surface area contributed by atoms with Gasteiger partial charge < -0.3 is 0 Å². The fourth-order valence-electron chi connectivity index (χ4n) is 3.14. The highest BCUT2D eigenvalue weighted by Crippen LogP contribution is 2.36. The zero-order valence-corrected chi connectivity index (χ0v) is 13.9. The van der Waals surface area contributed by atoms with Crippen LogP contribution in [0.2, 0.25) is 0 Å². The van der Waals surface area contributed by atoms with Crippen molar-refractivity contribution in [2.75, 3.05) is 0 Å². The highest BCUT2D eigenvalue weighted by molar-refractivity contribution is 6.38. The van der Waals surface area contributed by atoms with Crippen molar-refractivity contribution in [3.8, 4) is 0 Å². The maximum Gasteiger partial charge on any atom is 0.279 e. The molecule has 0 spiro atoms. The summed E-state index contributed by atoms with van der Waals surface area (Å²) in [5.74, 6) is -1.90. The molecule has 0 aromatic heterocycles. The van der Waals surface area contributed by atoms with Crippen molar-refractivity contribution in [1.82, 2.24) is 0 Å². The van der Waals surface area contributed by atoms with E-state index < -0.39 is 16.6 Å². The van der Waals surface area contributed by atoms with E-state index in [0.717, 1.165) is 12.0 Å². The first-order chi connectivity index (χ1) is 12.0. The number of aryl methyl sites for hydroxylation is 1. The van der Waals surface area contributed by atoms with Gasteiger partial charge in [-0.25, -0.2) is 0 Å². The summed E-state index contributed by atoms with van der Waals surface area (Å²) in [5, 5.41) is 11.4. The molecule has 25 heavy (non-hydrogen) atoms. The molecule has 0 radical (unpaired) electrons. The number of carbonyl (C=O) groups excluding carboxylic acids is 2. The SMILES string of the molecule is CCc1ccccc1N=C1c2c(cccc2[N+](=O)[O-])C(=O)[C@H]1C(C)=O. The molecule has 0 amide bonds. The Morgan fingerprint density at radius 1 is 1.20 bits per heavy atom. The Hall–Kier alpha value is -3.15. The van der Waals surface area contributed by atoms with Gasteiger partial charge >= 0.3 is 0 Å². The van der Waals surface area contributed by atoms with Crippen molar-refractivity contribution < 1.29 is 14.5 Å². The maximum absolute atomic E-state index is 12.6. The number of nitro benzene ring substituents is 1. The number of rotatable bonds is 4. The van der Waals surface area contributed by atoms with Crippen LogP contribution < -0.4 is 0 Å². The molecule has 0 fully saturated rings. The van der Waals surface area contributed by atoms with Crippen LogP contribution in [0.4, 0.5) is 11.4 Å². The number of carbonyl (C=O) groups is 2. The summed E-state index contributed by atoms with van der Waals surface area (Å²) in [5.41, 5.74) is 1.86. The van der Waals surface area contributed by atoms with E-state index in [0.29, 0.717) is 5.69 Å². The fourth-order valence-corrected chi connectivity index (χ4v) is 3.14. The number of nitro groups is 1. The van der Waals surface area contributed by atoms with Crippen LogP contribution in [0.25, 0.3) is 0 Å². The maximum atomic E-state index is 12.6. The third-order valence-electron chi connectivity index (χ3n) is 4.32. The fraction of sp³-hybridized carbons (Fsp3) is 0.211. The Labute approximate surface area is 144 Å². The lowest BCUT2D eigenvalue weighted by Gasteiger charge is -2.09. The summed E-state index contributed by atoms with van der Waals surface area (Å²) in [6.45, 7) is 3.28. The average Bonchev–Trinajstić information content (AvgIpc) is 2.87. The van der Waals surface area contributed by atoms with Gasteiger partial charge in [-0.05, 0) is 25.0 Å². The van der Waals surface area contributed by atoms with E-state index in [1.165, 1.54) is 25.1 Å². The number of para-hydroxylation sites is 1. The van der Waals surface area contributed by atoms with Gasteiger partial charge in [0.2, 0.25) is 0 Å². The highest BCUT2D eigenvalue weighted by atomic mass is 16.6. The molecule has 1 atom stereocenters. The van der Waals surface area contributed by atoms with Gasteiger partial charge in [0.25, 0.3) is 5.69 Å². The summed E-state index contributed by atoms with van der Waals surface area (Å²) in [4.78, 5) is 40.1. The standard InChI is InChI=1S/C19H16N2O4/c1-3-12-7-4-5-9-14(12)20-18-16(11(2)22)19(23)13-8-6-10-15(17(13)18)21(24)25/h4-10,16H,3H2,1-2H3/t16-/m0/s1. The van der Waals surface area contributed by atoms with Gasteiger partial charge in [-0.3, -0.25) is 24.7 Å². The average molecular weight is 336 g/mol. The van der Waals surface area contributed by atoms with Gasteiger partial charge in [-0.1, -0.05) is 37.3 Å². The summed E-state index contributed by atoms with van der Waals surface area (Å²) < 4.78 is 0. The quantitative estimate of drug-likeness (QED) is 0.484. The number of nitrogens with zero attached hydrogens (tertiary/aromatic N) is 2.